The van der Waals surface area contributed by atoms with E-state index in [1.807, 2.05) is 6.20 Å². The van der Waals surface area contributed by atoms with Crippen molar-refractivity contribution in [3.8, 4) is 11.3 Å². The molecule has 4 aromatic rings. The highest BCUT2D eigenvalue weighted by Gasteiger charge is 2.20. The van der Waals surface area contributed by atoms with Gasteiger partial charge in [0.25, 0.3) is 0 Å². The first-order chi connectivity index (χ1) is 12.2. The van der Waals surface area contributed by atoms with Gasteiger partial charge in [-0.3, -0.25) is 4.98 Å². The first-order valence-corrected chi connectivity index (χ1v) is 9.12. The quantitative estimate of drug-likeness (QED) is 0.419. The van der Waals surface area contributed by atoms with Gasteiger partial charge in [-0.25, -0.2) is 0 Å². The summed E-state index contributed by atoms with van der Waals surface area (Å²) in [6.45, 7) is 4.37. The normalized spacial score (nSPS) is 14.2. The maximum absolute atomic E-state index is 6.36. The third-order valence-corrected chi connectivity index (χ3v) is 5.57. The van der Waals surface area contributed by atoms with Crippen LogP contribution in [0, 0.1) is 13.8 Å². The molecule has 124 valence electrons. The molecule has 0 N–H and O–H groups in total. The zero-order chi connectivity index (χ0) is 17.0. The second-order valence-corrected chi connectivity index (χ2v) is 7.23. The Balaban J connectivity index is 1.85. The molecule has 0 amide bonds. The summed E-state index contributed by atoms with van der Waals surface area (Å²) in [6, 6.07) is 12.9. The second kappa shape index (κ2) is 5.45. The topological polar surface area (TPSA) is 26.0 Å². The highest BCUT2D eigenvalue weighted by molar-refractivity contribution is 6.10. The molecule has 25 heavy (non-hydrogen) atoms. The first kappa shape index (κ1) is 14.7. The lowest BCUT2D eigenvalue weighted by molar-refractivity contribution is 0.657. The minimum Gasteiger partial charge on any atom is -0.454 e. The SMILES string of the molecule is Cc1cccc(-c2nccc3c2oc2cc4c(c(C)c23)CCCC4)c1. The lowest BCUT2D eigenvalue weighted by atomic mass is 9.86. The van der Waals surface area contributed by atoms with Crippen LogP contribution in [0.25, 0.3) is 33.2 Å². The Hall–Kier alpha value is -2.61. The molecule has 0 spiro atoms. The average molecular weight is 327 g/mol. The summed E-state index contributed by atoms with van der Waals surface area (Å²) in [5.74, 6) is 0. The lowest BCUT2D eigenvalue weighted by Crippen LogP contribution is -2.04. The van der Waals surface area contributed by atoms with Crippen molar-refractivity contribution in [3.63, 3.8) is 0 Å². The minimum atomic E-state index is 0.911. The fraction of sp³-hybridized carbons (Fsp3) is 0.261. The number of aromatic nitrogens is 1. The maximum Gasteiger partial charge on any atom is 0.161 e. The molecule has 0 saturated heterocycles. The molecule has 0 saturated carbocycles. The largest absolute Gasteiger partial charge is 0.454 e. The molecule has 0 bridgehead atoms. The van der Waals surface area contributed by atoms with E-state index < -0.39 is 0 Å². The van der Waals surface area contributed by atoms with Gasteiger partial charge in [0.1, 0.15) is 11.3 Å². The van der Waals surface area contributed by atoms with Crippen LogP contribution in [0.2, 0.25) is 0 Å². The van der Waals surface area contributed by atoms with Gasteiger partial charge in [0.15, 0.2) is 5.58 Å². The number of hydrogen-bond acceptors (Lipinski definition) is 2. The molecular weight excluding hydrogens is 306 g/mol. The van der Waals surface area contributed by atoms with E-state index in [0.717, 1.165) is 22.4 Å². The second-order valence-electron chi connectivity index (χ2n) is 7.23. The number of rotatable bonds is 1. The van der Waals surface area contributed by atoms with Crippen molar-refractivity contribution < 1.29 is 4.42 Å². The average Bonchev–Trinajstić information content (AvgIpc) is 3.00. The van der Waals surface area contributed by atoms with Gasteiger partial charge in [0.2, 0.25) is 0 Å². The summed E-state index contributed by atoms with van der Waals surface area (Å²) in [5.41, 5.74) is 9.62. The van der Waals surface area contributed by atoms with Crippen LogP contribution in [0.4, 0.5) is 0 Å². The van der Waals surface area contributed by atoms with Crippen molar-refractivity contribution in [2.24, 2.45) is 0 Å². The van der Waals surface area contributed by atoms with E-state index in [2.05, 4.69) is 55.2 Å². The van der Waals surface area contributed by atoms with Crippen molar-refractivity contribution in [2.75, 3.05) is 0 Å². The number of fused-ring (bicyclic) bond motifs is 4. The summed E-state index contributed by atoms with van der Waals surface area (Å²) in [7, 11) is 0. The Kier molecular flexibility index (Phi) is 3.21. The van der Waals surface area contributed by atoms with Gasteiger partial charge in [-0.05, 0) is 74.4 Å². The highest BCUT2D eigenvalue weighted by Crippen LogP contribution is 2.39. The van der Waals surface area contributed by atoms with Crippen LogP contribution < -0.4 is 0 Å². The Morgan fingerprint density at radius 3 is 2.76 bits per heavy atom. The van der Waals surface area contributed by atoms with Gasteiger partial charge >= 0.3 is 0 Å². The summed E-state index contributed by atoms with van der Waals surface area (Å²) in [5, 5.41) is 2.46. The molecule has 1 aliphatic rings. The van der Waals surface area contributed by atoms with E-state index in [4.69, 9.17) is 4.42 Å². The summed E-state index contributed by atoms with van der Waals surface area (Å²) in [6.07, 6.45) is 6.86. The zero-order valence-corrected chi connectivity index (χ0v) is 14.7. The molecule has 5 rings (SSSR count). The van der Waals surface area contributed by atoms with Crippen LogP contribution in [-0.2, 0) is 12.8 Å². The van der Waals surface area contributed by atoms with Crippen molar-refractivity contribution in [3.05, 3.63) is 64.8 Å². The van der Waals surface area contributed by atoms with Crippen LogP contribution in [-0.4, -0.2) is 4.98 Å². The summed E-state index contributed by atoms with van der Waals surface area (Å²) < 4.78 is 6.36. The number of nitrogens with zero attached hydrogens (tertiary/aromatic N) is 1. The Labute approximate surface area is 147 Å². The summed E-state index contributed by atoms with van der Waals surface area (Å²) >= 11 is 0. The molecule has 0 fully saturated rings. The predicted molar refractivity (Wildman–Crippen MR) is 103 cm³/mol. The molecule has 2 aromatic carbocycles. The zero-order valence-electron chi connectivity index (χ0n) is 14.7. The van der Waals surface area contributed by atoms with Gasteiger partial charge in [-0.2, -0.15) is 0 Å². The highest BCUT2D eigenvalue weighted by atomic mass is 16.3. The Morgan fingerprint density at radius 2 is 1.88 bits per heavy atom. The molecule has 1 aliphatic carbocycles. The molecule has 0 aliphatic heterocycles. The fourth-order valence-corrected chi connectivity index (χ4v) is 4.35. The van der Waals surface area contributed by atoms with E-state index in [1.165, 1.54) is 58.7 Å². The third kappa shape index (κ3) is 2.21. The molecule has 2 heteroatoms. The number of furan rings is 1. The number of hydrogen-bond donors (Lipinski definition) is 0. The molecule has 0 unspecified atom stereocenters. The lowest BCUT2D eigenvalue weighted by Gasteiger charge is -2.18. The van der Waals surface area contributed by atoms with Gasteiger partial charge in [-0.1, -0.05) is 23.8 Å². The summed E-state index contributed by atoms with van der Waals surface area (Å²) in [4.78, 5) is 4.65. The van der Waals surface area contributed by atoms with Crippen LogP contribution in [0.5, 0.6) is 0 Å². The standard InChI is InChI=1S/C23H21NO/c1-14-6-5-8-17(12-14)22-23-19(10-11-24-22)21-15(2)18-9-4-3-7-16(18)13-20(21)25-23/h5-6,8,10-13H,3-4,7,9H2,1-2H3. The Bertz CT molecular complexity index is 1120. The van der Waals surface area contributed by atoms with Crippen LogP contribution in [0.15, 0.2) is 47.0 Å². The van der Waals surface area contributed by atoms with E-state index in [1.54, 1.807) is 0 Å². The van der Waals surface area contributed by atoms with Crippen LogP contribution in [0.3, 0.4) is 0 Å². The van der Waals surface area contributed by atoms with E-state index in [-0.39, 0.29) is 0 Å². The monoisotopic (exact) mass is 327 g/mol. The molecule has 2 aromatic heterocycles. The van der Waals surface area contributed by atoms with Crippen LogP contribution in [0.1, 0.15) is 35.1 Å². The molecule has 0 radical (unpaired) electrons. The van der Waals surface area contributed by atoms with Crippen molar-refractivity contribution >= 4 is 21.9 Å². The number of pyridine rings is 1. The predicted octanol–water partition coefficient (Wildman–Crippen LogP) is 6.14. The first-order valence-electron chi connectivity index (χ1n) is 9.12. The van der Waals surface area contributed by atoms with Gasteiger partial charge in [0, 0.05) is 22.5 Å². The van der Waals surface area contributed by atoms with Gasteiger partial charge in [0.05, 0.1) is 0 Å². The molecular formula is C23H21NO. The van der Waals surface area contributed by atoms with Crippen LogP contribution >= 0.6 is 0 Å². The van der Waals surface area contributed by atoms with Crippen molar-refractivity contribution in [1.29, 1.82) is 0 Å². The van der Waals surface area contributed by atoms with E-state index >= 15 is 0 Å². The minimum absolute atomic E-state index is 0.911. The molecule has 0 atom stereocenters. The Morgan fingerprint density at radius 1 is 1.00 bits per heavy atom. The number of aryl methyl sites for hydroxylation is 3. The molecule has 2 heterocycles. The van der Waals surface area contributed by atoms with Crippen molar-refractivity contribution in [2.45, 2.75) is 39.5 Å². The molecule has 2 nitrogen and oxygen atoms in total. The number of benzene rings is 2. The van der Waals surface area contributed by atoms with E-state index in [0.29, 0.717) is 0 Å². The van der Waals surface area contributed by atoms with Gasteiger partial charge < -0.3 is 4.42 Å². The maximum atomic E-state index is 6.36. The fourth-order valence-electron chi connectivity index (χ4n) is 4.35. The van der Waals surface area contributed by atoms with Gasteiger partial charge in [-0.15, -0.1) is 0 Å². The third-order valence-electron chi connectivity index (χ3n) is 5.57. The van der Waals surface area contributed by atoms with E-state index in [9.17, 15) is 0 Å². The van der Waals surface area contributed by atoms with Crippen molar-refractivity contribution in [1.82, 2.24) is 4.98 Å². The smallest absolute Gasteiger partial charge is 0.161 e.